The molecule has 1 aliphatic heterocycles. The van der Waals surface area contributed by atoms with Gasteiger partial charge in [0.15, 0.2) is 5.78 Å². The zero-order valence-electron chi connectivity index (χ0n) is 15.5. The highest BCUT2D eigenvalue weighted by atomic mass is 35.5. The first kappa shape index (κ1) is 19.4. The highest BCUT2D eigenvalue weighted by molar-refractivity contribution is 6.29. The fraction of sp³-hybridized carbons (Fsp3) is 0.333. The lowest BCUT2D eigenvalue weighted by Crippen LogP contribution is -2.37. The summed E-state index contributed by atoms with van der Waals surface area (Å²) in [6.07, 6.45) is 0. The van der Waals surface area contributed by atoms with Crippen LogP contribution in [-0.4, -0.2) is 43.9 Å². The predicted molar refractivity (Wildman–Crippen MR) is 108 cm³/mol. The van der Waals surface area contributed by atoms with Crippen LogP contribution in [0.2, 0.25) is 0 Å². The minimum absolute atomic E-state index is 0.0559. The molecule has 1 N–H and O–H groups in total. The maximum atomic E-state index is 13.4. The van der Waals surface area contributed by atoms with Crippen LogP contribution in [0, 0.1) is 13.8 Å². The molecule has 1 aliphatic rings. The van der Waals surface area contributed by atoms with Gasteiger partial charge in [-0.3, -0.25) is 9.59 Å². The Morgan fingerprint density at radius 2 is 1.81 bits per heavy atom. The van der Waals surface area contributed by atoms with Crippen molar-refractivity contribution in [1.82, 2.24) is 0 Å². The lowest BCUT2D eigenvalue weighted by Gasteiger charge is -2.30. The van der Waals surface area contributed by atoms with E-state index >= 15 is 0 Å². The van der Waals surface area contributed by atoms with E-state index < -0.39 is 0 Å². The van der Waals surface area contributed by atoms with Gasteiger partial charge in [-0.15, -0.1) is 11.6 Å². The third kappa shape index (κ3) is 4.49. The average Bonchev–Trinajstić information content (AvgIpc) is 2.69. The number of aryl methyl sites for hydroxylation is 2. The first-order valence-corrected chi connectivity index (χ1v) is 9.47. The molecule has 0 atom stereocenters. The second-order valence-corrected chi connectivity index (χ2v) is 6.93. The predicted octanol–water partition coefficient (Wildman–Crippen LogP) is 3.55. The number of carbonyl (C=O) groups is 2. The fourth-order valence-corrected chi connectivity index (χ4v) is 3.26. The maximum absolute atomic E-state index is 13.4. The van der Waals surface area contributed by atoms with E-state index in [0.29, 0.717) is 30.0 Å². The van der Waals surface area contributed by atoms with Crippen molar-refractivity contribution >= 4 is 34.7 Å². The smallest absolute Gasteiger partial charge is 0.239 e. The Hall–Kier alpha value is -2.37. The summed E-state index contributed by atoms with van der Waals surface area (Å²) in [5.74, 6) is -0.494. The number of anilines is 2. The van der Waals surface area contributed by atoms with Gasteiger partial charge in [-0.25, -0.2) is 0 Å². The quantitative estimate of drug-likeness (QED) is 0.630. The number of hydrogen-bond donors (Lipinski definition) is 1. The SMILES string of the molecule is Cc1ccc(C)c(C(=O)c2cc(NC(=O)CCl)ccc2N2CCOCC2)c1. The van der Waals surface area contributed by atoms with E-state index in [1.807, 2.05) is 38.1 Å². The fourth-order valence-electron chi connectivity index (χ4n) is 3.20. The summed E-state index contributed by atoms with van der Waals surface area (Å²) in [5, 5.41) is 2.73. The number of benzene rings is 2. The van der Waals surface area contributed by atoms with Crippen molar-refractivity contribution in [3.63, 3.8) is 0 Å². The summed E-state index contributed by atoms with van der Waals surface area (Å²) in [4.78, 5) is 27.2. The molecule has 0 bridgehead atoms. The molecular weight excluding hydrogens is 364 g/mol. The summed E-state index contributed by atoms with van der Waals surface area (Å²) < 4.78 is 5.43. The molecule has 1 amide bonds. The lowest BCUT2D eigenvalue weighted by molar-refractivity contribution is -0.113. The molecule has 1 fully saturated rings. The first-order chi connectivity index (χ1) is 13.0. The molecule has 6 heteroatoms. The van der Waals surface area contributed by atoms with Gasteiger partial charge >= 0.3 is 0 Å². The molecule has 2 aromatic rings. The summed E-state index contributed by atoms with van der Waals surface area (Å²) in [7, 11) is 0. The number of rotatable bonds is 5. The lowest BCUT2D eigenvalue weighted by atomic mass is 9.95. The molecule has 1 heterocycles. The van der Waals surface area contributed by atoms with E-state index in [-0.39, 0.29) is 17.6 Å². The Morgan fingerprint density at radius 1 is 1.07 bits per heavy atom. The van der Waals surface area contributed by atoms with Crippen LogP contribution in [0.25, 0.3) is 0 Å². The molecule has 0 spiro atoms. The first-order valence-electron chi connectivity index (χ1n) is 8.94. The number of halogens is 1. The topological polar surface area (TPSA) is 58.6 Å². The van der Waals surface area contributed by atoms with Crippen LogP contribution < -0.4 is 10.2 Å². The van der Waals surface area contributed by atoms with Gasteiger partial charge in [0.1, 0.15) is 5.88 Å². The van der Waals surface area contributed by atoms with Gasteiger partial charge in [0.05, 0.1) is 13.2 Å². The number of nitrogens with one attached hydrogen (secondary N) is 1. The van der Waals surface area contributed by atoms with Gasteiger partial charge in [0, 0.05) is 35.6 Å². The maximum Gasteiger partial charge on any atom is 0.239 e. The summed E-state index contributed by atoms with van der Waals surface area (Å²) in [6, 6.07) is 11.3. The van der Waals surface area contributed by atoms with Crippen LogP contribution in [0.1, 0.15) is 27.0 Å². The van der Waals surface area contributed by atoms with Crippen LogP contribution in [-0.2, 0) is 9.53 Å². The van der Waals surface area contributed by atoms with Crippen LogP contribution >= 0.6 is 11.6 Å². The van der Waals surface area contributed by atoms with Crippen molar-refractivity contribution < 1.29 is 14.3 Å². The standard InChI is InChI=1S/C21H23ClN2O3/c1-14-3-4-15(2)17(11-14)21(26)18-12-16(23-20(25)13-22)5-6-19(18)24-7-9-27-10-8-24/h3-6,11-12H,7-10,13H2,1-2H3,(H,23,25). The number of nitrogens with zero attached hydrogens (tertiary/aromatic N) is 1. The zero-order valence-corrected chi connectivity index (χ0v) is 16.3. The van der Waals surface area contributed by atoms with Crippen molar-refractivity contribution in [2.24, 2.45) is 0 Å². The zero-order chi connectivity index (χ0) is 19.4. The second-order valence-electron chi connectivity index (χ2n) is 6.66. The van der Waals surface area contributed by atoms with E-state index in [0.717, 1.165) is 29.9 Å². The summed E-state index contributed by atoms with van der Waals surface area (Å²) in [5.41, 5.74) is 4.61. The van der Waals surface area contributed by atoms with Gasteiger partial charge < -0.3 is 15.0 Å². The highest BCUT2D eigenvalue weighted by Crippen LogP contribution is 2.29. The van der Waals surface area contributed by atoms with E-state index in [1.54, 1.807) is 12.1 Å². The number of hydrogen-bond acceptors (Lipinski definition) is 4. The number of alkyl halides is 1. The van der Waals surface area contributed by atoms with Gasteiger partial charge in [-0.05, 0) is 43.7 Å². The van der Waals surface area contributed by atoms with E-state index in [4.69, 9.17) is 16.3 Å². The molecule has 27 heavy (non-hydrogen) atoms. The van der Waals surface area contributed by atoms with Gasteiger partial charge in [0.2, 0.25) is 5.91 Å². The van der Waals surface area contributed by atoms with Crippen LogP contribution in [0.5, 0.6) is 0 Å². The monoisotopic (exact) mass is 386 g/mol. The summed E-state index contributed by atoms with van der Waals surface area (Å²) >= 11 is 5.59. The Morgan fingerprint density at radius 3 is 2.52 bits per heavy atom. The van der Waals surface area contributed by atoms with Crippen molar-refractivity contribution in [2.75, 3.05) is 42.4 Å². The molecule has 0 radical (unpaired) electrons. The molecule has 0 saturated carbocycles. The van der Waals surface area contributed by atoms with Crippen LogP contribution in [0.15, 0.2) is 36.4 Å². The Bertz CT molecular complexity index is 861. The van der Waals surface area contributed by atoms with Crippen molar-refractivity contribution in [2.45, 2.75) is 13.8 Å². The van der Waals surface area contributed by atoms with Crippen LogP contribution in [0.4, 0.5) is 11.4 Å². The highest BCUT2D eigenvalue weighted by Gasteiger charge is 2.22. The minimum Gasteiger partial charge on any atom is -0.378 e. The molecule has 0 aliphatic carbocycles. The molecular formula is C21H23ClN2O3. The van der Waals surface area contributed by atoms with Gasteiger partial charge in [-0.1, -0.05) is 17.7 Å². The normalized spacial score (nSPS) is 14.1. The molecule has 142 valence electrons. The number of morpholine rings is 1. The molecule has 2 aromatic carbocycles. The van der Waals surface area contributed by atoms with Crippen molar-refractivity contribution in [1.29, 1.82) is 0 Å². The van der Waals surface area contributed by atoms with E-state index in [9.17, 15) is 9.59 Å². The van der Waals surface area contributed by atoms with Gasteiger partial charge in [-0.2, -0.15) is 0 Å². The molecule has 0 aromatic heterocycles. The van der Waals surface area contributed by atoms with E-state index in [1.165, 1.54) is 0 Å². The van der Waals surface area contributed by atoms with Crippen molar-refractivity contribution in [3.05, 3.63) is 58.7 Å². The Balaban J connectivity index is 2.05. The number of ketones is 1. The second kappa shape index (κ2) is 8.55. The Labute approximate surface area is 164 Å². The van der Waals surface area contributed by atoms with Crippen LogP contribution in [0.3, 0.4) is 0 Å². The number of amides is 1. The third-order valence-corrected chi connectivity index (χ3v) is 4.88. The van der Waals surface area contributed by atoms with Crippen molar-refractivity contribution in [3.8, 4) is 0 Å². The number of carbonyl (C=O) groups excluding carboxylic acids is 2. The molecule has 3 rings (SSSR count). The third-order valence-electron chi connectivity index (χ3n) is 4.64. The average molecular weight is 387 g/mol. The van der Waals surface area contributed by atoms with Gasteiger partial charge in [0.25, 0.3) is 0 Å². The molecule has 5 nitrogen and oxygen atoms in total. The van der Waals surface area contributed by atoms with E-state index in [2.05, 4.69) is 10.2 Å². The Kier molecular flexibility index (Phi) is 6.14. The largest absolute Gasteiger partial charge is 0.378 e. The molecule has 1 saturated heterocycles. The minimum atomic E-state index is -0.305. The molecule has 0 unspecified atom stereocenters. The number of ether oxygens (including phenoxy) is 1. The summed E-state index contributed by atoms with van der Waals surface area (Å²) in [6.45, 7) is 6.60.